The summed E-state index contributed by atoms with van der Waals surface area (Å²) >= 11 is 0. The summed E-state index contributed by atoms with van der Waals surface area (Å²) in [6.07, 6.45) is 8.55. The zero-order valence-electron chi connectivity index (χ0n) is 21.0. The lowest BCUT2D eigenvalue weighted by atomic mass is 9.46. The lowest BCUT2D eigenvalue weighted by molar-refractivity contribution is -0.137. The summed E-state index contributed by atoms with van der Waals surface area (Å²) in [6, 6.07) is 22.6. The number of carbonyl (C=O) groups excluding carboxylic acids is 1. The van der Waals surface area contributed by atoms with E-state index in [1.54, 1.807) is 0 Å². The number of hydrogen-bond acceptors (Lipinski definition) is 4. The van der Waals surface area contributed by atoms with Crippen molar-refractivity contribution in [2.24, 2.45) is 16.8 Å². The van der Waals surface area contributed by atoms with Crippen molar-refractivity contribution < 1.29 is 14.6 Å². The van der Waals surface area contributed by atoms with Crippen LogP contribution in [0.25, 0.3) is 11.1 Å². The largest absolute Gasteiger partial charge is 0.427 e. The predicted octanol–water partition coefficient (Wildman–Crippen LogP) is 6.92. The molecule has 4 nitrogen and oxygen atoms in total. The monoisotopic (exact) mass is 479 g/mol. The molecular formula is C32H33NO3. The molecule has 3 aromatic carbocycles. The summed E-state index contributed by atoms with van der Waals surface area (Å²) in [5.74, 6) is 1.57. The van der Waals surface area contributed by atoms with E-state index in [1.807, 2.05) is 30.5 Å². The Morgan fingerprint density at radius 1 is 0.944 bits per heavy atom. The quantitative estimate of drug-likeness (QED) is 0.245. The first-order valence-electron chi connectivity index (χ1n) is 13.1. The van der Waals surface area contributed by atoms with Crippen molar-refractivity contribution in [3.05, 3.63) is 83.4 Å². The molecular weight excluding hydrogens is 446 g/mol. The van der Waals surface area contributed by atoms with Crippen LogP contribution in [-0.2, 0) is 10.2 Å². The number of benzene rings is 3. The van der Waals surface area contributed by atoms with Crippen LogP contribution < -0.4 is 4.74 Å². The number of esters is 1. The molecule has 4 aliphatic carbocycles. The van der Waals surface area contributed by atoms with Gasteiger partial charge in [-0.2, -0.15) is 0 Å². The highest BCUT2D eigenvalue weighted by Crippen LogP contribution is 2.62. The van der Waals surface area contributed by atoms with Crippen molar-refractivity contribution in [1.82, 2.24) is 0 Å². The summed E-state index contributed by atoms with van der Waals surface area (Å²) in [7, 11) is 0. The molecule has 0 aliphatic heterocycles. The molecule has 2 atom stereocenters. The van der Waals surface area contributed by atoms with E-state index in [1.165, 1.54) is 37.3 Å². The molecule has 3 aromatic rings. The fraction of sp³-hybridized carbons (Fsp3) is 0.375. The van der Waals surface area contributed by atoms with Crippen LogP contribution in [0.4, 0.5) is 5.69 Å². The van der Waals surface area contributed by atoms with E-state index in [4.69, 9.17) is 9.73 Å². The number of aryl methyl sites for hydroxylation is 1. The maximum Gasteiger partial charge on any atom is 0.308 e. The summed E-state index contributed by atoms with van der Waals surface area (Å²) < 4.78 is 5.12. The average Bonchev–Trinajstić information content (AvgIpc) is 2.82. The van der Waals surface area contributed by atoms with Gasteiger partial charge < -0.3 is 9.84 Å². The van der Waals surface area contributed by atoms with Gasteiger partial charge in [-0.3, -0.25) is 9.79 Å². The SMILES string of the molecule is CC(=O)Oc1ccc(-c2ccc(C=Nc3cc(C45CC6CC(CC(O)(C6)C4)C5)ccc3C)cc2)cc1. The van der Waals surface area contributed by atoms with Gasteiger partial charge in [0.2, 0.25) is 0 Å². The van der Waals surface area contributed by atoms with Gasteiger partial charge in [0.05, 0.1) is 11.3 Å². The Morgan fingerprint density at radius 3 is 2.19 bits per heavy atom. The van der Waals surface area contributed by atoms with Crippen molar-refractivity contribution in [1.29, 1.82) is 0 Å². The highest BCUT2D eigenvalue weighted by atomic mass is 16.5. The minimum Gasteiger partial charge on any atom is -0.427 e. The van der Waals surface area contributed by atoms with Gasteiger partial charge in [0.25, 0.3) is 0 Å². The fourth-order valence-corrected chi connectivity index (χ4v) is 7.42. The van der Waals surface area contributed by atoms with Crippen LogP contribution in [-0.4, -0.2) is 22.9 Å². The van der Waals surface area contributed by atoms with Gasteiger partial charge >= 0.3 is 5.97 Å². The molecule has 0 amide bonds. The second-order valence-corrected chi connectivity index (χ2v) is 11.5. The van der Waals surface area contributed by atoms with Crippen LogP contribution >= 0.6 is 0 Å². The number of hydrogen-bond donors (Lipinski definition) is 1. The average molecular weight is 480 g/mol. The Labute approximate surface area is 213 Å². The number of aliphatic hydroxyl groups is 1. The lowest BCUT2D eigenvalue weighted by Crippen LogP contribution is -2.57. The number of ether oxygens (including phenoxy) is 1. The van der Waals surface area contributed by atoms with E-state index in [0.29, 0.717) is 17.6 Å². The molecule has 4 saturated carbocycles. The molecule has 0 radical (unpaired) electrons. The van der Waals surface area contributed by atoms with Crippen molar-refractivity contribution in [3.63, 3.8) is 0 Å². The highest BCUT2D eigenvalue weighted by molar-refractivity contribution is 5.83. The van der Waals surface area contributed by atoms with Crippen LogP contribution in [0, 0.1) is 18.8 Å². The molecule has 2 unspecified atom stereocenters. The van der Waals surface area contributed by atoms with Crippen molar-refractivity contribution in [2.45, 2.75) is 63.4 Å². The molecule has 4 aliphatic rings. The second kappa shape index (κ2) is 8.70. The van der Waals surface area contributed by atoms with Gasteiger partial charge in [-0.1, -0.05) is 48.5 Å². The molecule has 0 saturated heterocycles. The Balaban J connectivity index is 1.21. The van der Waals surface area contributed by atoms with E-state index >= 15 is 0 Å². The summed E-state index contributed by atoms with van der Waals surface area (Å²) in [5, 5.41) is 11.2. The smallest absolute Gasteiger partial charge is 0.308 e. The summed E-state index contributed by atoms with van der Waals surface area (Å²) in [5.41, 5.74) is 6.41. The molecule has 7 rings (SSSR count). The zero-order valence-corrected chi connectivity index (χ0v) is 21.0. The zero-order chi connectivity index (χ0) is 24.9. The first kappa shape index (κ1) is 23.2. The molecule has 0 aromatic heterocycles. The van der Waals surface area contributed by atoms with E-state index in [2.05, 4.69) is 49.4 Å². The highest BCUT2D eigenvalue weighted by Gasteiger charge is 2.57. The third-order valence-electron chi connectivity index (χ3n) is 8.56. The van der Waals surface area contributed by atoms with Crippen molar-refractivity contribution in [3.8, 4) is 16.9 Å². The number of aliphatic imine (C=N–C) groups is 1. The van der Waals surface area contributed by atoms with Crippen molar-refractivity contribution >= 4 is 17.9 Å². The molecule has 0 heterocycles. The molecule has 4 bridgehead atoms. The van der Waals surface area contributed by atoms with Crippen LogP contribution in [0.3, 0.4) is 0 Å². The lowest BCUT2D eigenvalue weighted by Gasteiger charge is -2.60. The molecule has 4 heteroatoms. The van der Waals surface area contributed by atoms with Crippen LogP contribution in [0.2, 0.25) is 0 Å². The molecule has 184 valence electrons. The minimum atomic E-state index is -0.457. The van der Waals surface area contributed by atoms with Crippen molar-refractivity contribution in [2.75, 3.05) is 0 Å². The normalized spacial score (nSPS) is 28.5. The minimum absolute atomic E-state index is 0.115. The predicted molar refractivity (Wildman–Crippen MR) is 143 cm³/mol. The first-order valence-corrected chi connectivity index (χ1v) is 13.1. The Kier molecular flexibility index (Phi) is 5.60. The van der Waals surface area contributed by atoms with Crippen LogP contribution in [0.1, 0.15) is 62.1 Å². The molecule has 36 heavy (non-hydrogen) atoms. The fourth-order valence-electron chi connectivity index (χ4n) is 7.42. The summed E-state index contributed by atoms with van der Waals surface area (Å²) in [6.45, 7) is 3.52. The van der Waals surface area contributed by atoms with E-state index in [9.17, 15) is 9.90 Å². The molecule has 0 spiro atoms. The number of rotatable bonds is 5. The maximum atomic E-state index is 11.2. The first-order chi connectivity index (χ1) is 17.3. The van der Waals surface area contributed by atoms with E-state index in [-0.39, 0.29) is 11.4 Å². The molecule has 1 N–H and O–H groups in total. The topological polar surface area (TPSA) is 58.9 Å². The van der Waals surface area contributed by atoms with Crippen LogP contribution in [0.15, 0.2) is 71.7 Å². The maximum absolute atomic E-state index is 11.2. The van der Waals surface area contributed by atoms with E-state index in [0.717, 1.165) is 41.6 Å². The summed E-state index contributed by atoms with van der Waals surface area (Å²) in [4.78, 5) is 16.0. The van der Waals surface area contributed by atoms with Gasteiger partial charge in [-0.25, -0.2) is 0 Å². The third kappa shape index (κ3) is 4.39. The third-order valence-corrected chi connectivity index (χ3v) is 8.56. The Morgan fingerprint density at radius 2 is 1.58 bits per heavy atom. The van der Waals surface area contributed by atoms with Gasteiger partial charge in [0.15, 0.2) is 0 Å². The van der Waals surface area contributed by atoms with Gasteiger partial charge in [0, 0.05) is 13.1 Å². The number of carbonyl (C=O) groups is 1. The Bertz CT molecular complexity index is 1310. The van der Waals surface area contributed by atoms with E-state index < -0.39 is 5.60 Å². The number of nitrogens with zero attached hydrogens (tertiary/aromatic N) is 1. The second-order valence-electron chi connectivity index (χ2n) is 11.5. The van der Waals surface area contributed by atoms with Gasteiger partial charge in [-0.15, -0.1) is 0 Å². The van der Waals surface area contributed by atoms with Gasteiger partial charge in [-0.05, 0) is 109 Å². The van der Waals surface area contributed by atoms with Crippen LogP contribution in [0.5, 0.6) is 5.75 Å². The molecule has 4 fully saturated rings. The standard InChI is InChI=1S/C32H33NO3/c1-21-3-10-28(31-15-24-13-25(16-31)18-32(35,17-24)20-31)14-30(21)33-19-23-4-6-26(7-5-23)27-8-11-29(12-9-27)36-22(2)34/h3-12,14,19,24-25,35H,13,15-18,20H2,1-2H3. The Hall–Kier alpha value is -3.24. The van der Waals surface area contributed by atoms with Gasteiger partial charge in [0.1, 0.15) is 5.75 Å².